The van der Waals surface area contributed by atoms with E-state index in [9.17, 15) is 4.79 Å². The lowest BCUT2D eigenvalue weighted by Crippen LogP contribution is -2.18. The van der Waals surface area contributed by atoms with Gasteiger partial charge in [0, 0.05) is 5.69 Å². The van der Waals surface area contributed by atoms with Gasteiger partial charge in [-0.15, -0.1) is 0 Å². The zero-order chi connectivity index (χ0) is 14.4. The molecule has 1 unspecified atom stereocenters. The number of carbonyl (C=O) groups excluding carboxylic acids is 1. The van der Waals surface area contributed by atoms with E-state index >= 15 is 0 Å². The monoisotopic (exact) mass is 268 g/mol. The number of hydrogen-bond donors (Lipinski definition) is 2. The second kappa shape index (κ2) is 6.87. The predicted molar refractivity (Wildman–Crippen MR) is 82.7 cm³/mol. The Bertz CT molecular complexity index is 549. The first kappa shape index (κ1) is 14.3. The molecule has 0 heterocycles. The fraction of sp³-hybridized carbons (Fsp3) is 0.235. The van der Waals surface area contributed by atoms with Gasteiger partial charge in [-0.2, -0.15) is 0 Å². The van der Waals surface area contributed by atoms with Crippen LogP contribution in [0.4, 0.5) is 5.69 Å². The fourth-order valence-corrected chi connectivity index (χ4v) is 2.07. The fourth-order valence-electron chi connectivity index (χ4n) is 2.07. The van der Waals surface area contributed by atoms with Crippen LogP contribution in [0.1, 0.15) is 24.0 Å². The third-order valence-electron chi connectivity index (χ3n) is 3.35. The first-order valence-corrected chi connectivity index (χ1v) is 6.85. The van der Waals surface area contributed by atoms with Crippen molar-refractivity contribution >= 4 is 11.6 Å². The molecule has 0 fully saturated rings. The Labute approximate surface area is 119 Å². The lowest BCUT2D eigenvalue weighted by molar-refractivity contribution is -0.117. The molecule has 0 saturated heterocycles. The molecule has 0 aliphatic carbocycles. The summed E-state index contributed by atoms with van der Waals surface area (Å²) in [5.74, 6) is -0.164. The van der Waals surface area contributed by atoms with Gasteiger partial charge in [-0.05, 0) is 43.1 Å². The van der Waals surface area contributed by atoms with Gasteiger partial charge in [0.25, 0.3) is 0 Å². The average Bonchev–Trinajstić information content (AvgIpc) is 2.49. The highest BCUT2D eigenvalue weighted by atomic mass is 16.1. The number of benzene rings is 2. The molecule has 0 radical (unpaired) electrons. The number of hydrogen-bond acceptors (Lipinski definition) is 2. The molecule has 3 nitrogen and oxygen atoms in total. The number of anilines is 1. The molecule has 1 amide bonds. The van der Waals surface area contributed by atoms with Crippen molar-refractivity contribution in [1.82, 2.24) is 0 Å². The maximum absolute atomic E-state index is 12.2. The molecule has 0 aromatic heterocycles. The summed E-state index contributed by atoms with van der Waals surface area (Å²) in [6.07, 6.45) is 0.856. The first-order chi connectivity index (χ1) is 9.70. The molecule has 20 heavy (non-hydrogen) atoms. The van der Waals surface area contributed by atoms with Crippen molar-refractivity contribution in [2.24, 2.45) is 5.73 Å². The first-order valence-electron chi connectivity index (χ1n) is 6.85. The minimum atomic E-state index is -0.167. The van der Waals surface area contributed by atoms with E-state index < -0.39 is 0 Å². The lowest BCUT2D eigenvalue weighted by atomic mass is 10.0. The largest absolute Gasteiger partial charge is 0.330 e. The molecule has 0 bridgehead atoms. The van der Waals surface area contributed by atoms with E-state index in [2.05, 4.69) is 5.32 Å². The van der Waals surface area contributed by atoms with Crippen LogP contribution in [0.15, 0.2) is 54.6 Å². The SMILES string of the molecule is CC(C(=O)Nc1ccc(CCN)cc1)c1ccccc1. The van der Waals surface area contributed by atoms with Crippen LogP contribution in [0.2, 0.25) is 0 Å². The summed E-state index contributed by atoms with van der Waals surface area (Å²) in [5, 5.41) is 2.94. The molecule has 104 valence electrons. The molecule has 3 heteroatoms. The van der Waals surface area contributed by atoms with Gasteiger partial charge in [0.15, 0.2) is 0 Å². The molecule has 2 aromatic carbocycles. The number of carbonyl (C=O) groups is 1. The summed E-state index contributed by atoms with van der Waals surface area (Å²) in [6, 6.07) is 17.6. The minimum absolute atomic E-state index is 0.00257. The van der Waals surface area contributed by atoms with E-state index in [0.29, 0.717) is 6.54 Å². The molecule has 0 saturated carbocycles. The number of rotatable bonds is 5. The second-order valence-corrected chi connectivity index (χ2v) is 4.86. The van der Waals surface area contributed by atoms with Crippen molar-refractivity contribution in [3.8, 4) is 0 Å². The third kappa shape index (κ3) is 3.68. The van der Waals surface area contributed by atoms with Crippen molar-refractivity contribution in [2.45, 2.75) is 19.3 Å². The van der Waals surface area contributed by atoms with Crippen LogP contribution < -0.4 is 11.1 Å². The normalized spacial score (nSPS) is 11.9. The highest BCUT2D eigenvalue weighted by molar-refractivity contribution is 5.95. The van der Waals surface area contributed by atoms with Crippen molar-refractivity contribution in [3.05, 3.63) is 65.7 Å². The molecule has 1 atom stereocenters. The lowest BCUT2D eigenvalue weighted by Gasteiger charge is -2.12. The Kier molecular flexibility index (Phi) is 4.91. The summed E-state index contributed by atoms with van der Waals surface area (Å²) < 4.78 is 0. The van der Waals surface area contributed by atoms with Gasteiger partial charge >= 0.3 is 0 Å². The van der Waals surface area contributed by atoms with Gasteiger partial charge in [0.05, 0.1) is 5.92 Å². The topological polar surface area (TPSA) is 55.1 Å². The summed E-state index contributed by atoms with van der Waals surface area (Å²) in [7, 11) is 0. The smallest absolute Gasteiger partial charge is 0.231 e. The zero-order valence-corrected chi connectivity index (χ0v) is 11.7. The van der Waals surface area contributed by atoms with E-state index in [1.807, 2.05) is 61.5 Å². The van der Waals surface area contributed by atoms with Gasteiger partial charge in [-0.3, -0.25) is 4.79 Å². The summed E-state index contributed by atoms with van der Waals surface area (Å²) in [5.41, 5.74) is 8.53. The van der Waals surface area contributed by atoms with Gasteiger partial charge in [-0.1, -0.05) is 42.5 Å². The summed E-state index contributed by atoms with van der Waals surface area (Å²) in [4.78, 5) is 12.2. The Morgan fingerprint density at radius 1 is 1.10 bits per heavy atom. The standard InChI is InChI=1S/C17H20N2O/c1-13(15-5-3-2-4-6-15)17(20)19-16-9-7-14(8-10-16)11-12-18/h2-10,13H,11-12,18H2,1H3,(H,19,20). The highest BCUT2D eigenvalue weighted by Gasteiger charge is 2.14. The quantitative estimate of drug-likeness (QED) is 0.876. The molecule has 3 N–H and O–H groups in total. The van der Waals surface area contributed by atoms with Gasteiger partial charge in [0.1, 0.15) is 0 Å². The summed E-state index contributed by atoms with van der Waals surface area (Å²) >= 11 is 0. The van der Waals surface area contributed by atoms with Gasteiger partial charge in [0.2, 0.25) is 5.91 Å². The molecule has 0 aliphatic heterocycles. The van der Waals surface area contributed by atoms with E-state index in [1.165, 1.54) is 5.56 Å². The van der Waals surface area contributed by atoms with Crippen molar-refractivity contribution in [3.63, 3.8) is 0 Å². The molecule has 0 spiro atoms. The molecular weight excluding hydrogens is 248 g/mol. The Balaban J connectivity index is 2.00. The van der Waals surface area contributed by atoms with Crippen molar-refractivity contribution in [2.75, 3.05) is 11.9 Å². The van der Waals surface area contributed by atoms with Crippen LogP contribution in [-0.2, 0) is 11.2 Å². The van der Waals surface area contributed by atoms with Gasteiger partial charge in [-0.25, -0.2) is 0 Å². The second-order valence-electron chi connectivity index (χ2n) is 4.86. The van der Waals surface area contributed by atoms with Crippen LogP contribution in [0.5, 0.6) is 0 Å². The molecular formula is C17H20N2O. The Morgan fingerprint density at radius 3 is 2.35 bits per heavy atom. The van der Waals surface area contributed by atoms with Crippen LogP contribution in [0.3, 0.4) is 0 Å². The van der Waals surface area contributed by atoms with Crippen molar-refractivity contribution in [1.29, 1.82) is 0 Å². The van der Waals surface area contributed by atoms with Gasteiger partial charge < -0.3 is 11.1 Å². The zero-order valence-electron chi connectivity index (χ0n) is 11.7. The maximum Gasteiger partial charge on any atom is 0.231 e. The number of nitrogens with one attached hydrogen (secondary N) is 1. The number of nitrogens with two attached hydrogens (primary N) is 1. The van der Waals surface area contributed by atoms with E-state index in [1.54, 1.807) is 0 Å². The van der Waals surface area contributed by atoms with E-state index in [0.717, 1.165) is 17.7 Å². The van der Waals surface area contributed by atoms with E-state index in [-0.39, 0.29) is 11.8 Å². The summed E-state index contributed by atoms with van der Waals surface area (Å²) in [6.45, 7) is 2.55. The van der Waals surface area contributed by atoms with Crippen molar-refractivity contribution < 1.29 is 4.79 Å². The van der Waals surface area contributed by atoms with Crippen LogP contribution in [-0.4, -0.2) is 12.5 Å². The Morgan fingerprint density at radius 2 is 1.75 bits per heavy atom. The van der Waals surface area contributed by atoms with Crippen LogP contribution in [0.25, 0.3) is 0 Å². The number of amides is 1. The van der Waals surface area contributed by atoms with Crippen LogP contribution in [0, 0.1) is 0 Å². The predicted octanol–water partition coefficient (Wildman–Crippen LogP) is 2.93. The minimum Gasteiger partial charge on any atom is -0.330 e. The molecule has 2 rings (SSSR count). The highest BCUT2D eigenvalue weighted by Crippen LogP contribution is 2.18. The van der Waals surface area contributed by atoms with Crippen LogP contribution >= 0.6 is 0 Å². The molecule has 2 aromatic rings. The Hall–Kier alpha value is -2.13. The molecule has 0 aliphatic rings. The third-order valence-corrected chi connectivity index (χ3v) is 3.35. The van der Waals surface area contributed by atoms with E-state index in [4.69, 9.17) is 5.73 Å². The maximum atomic E-state index is 12.2. The average molecular weight is 268 g/mol.